The van der Waals surface area contributed by atoms with Crippen LogP contribution in [0.5, 0.6) is 0 Å². The molecule has 0 bridgehead atoms. The molecule has 0 aliphatic heterocycles. The molecule has 0 fully saturated rings. The molecule has 2 aromatic heterocycles. The third-order valence-electron chi connectivity index (χ3n) is 2.67. The van der Waals surface area contributed by atoms with E-state index in [2.05, 4.69) is 15.3 Å². The number of nitrogens with zero attached hydrogens (tertiary/aromatic N) is 3. The average molecular weight is 270 g/mol. The molecule has 1 amide bonds. The van der Waals surface area contributed by atoms with E-state index in [1.54, 1.807) is 32.0 Å². The highest BCUT2D eigenvalue weighted by molar-refractivity contribution is 5.85. The summed E-state index contributed by atoms with van der Waals surface area (Å²) >= 11 is 0. The number of nitrogens with one attached hydrogen (secondary N) is 1. The first-order valence-electron chi connectivity index (χ1n) is 6.12. The zero-order chi connectivity index (χ0) is 14.5. The summed E-state index contributed by atoms with van der Waals surface area (Å²) in [5, 5.41) is 11.8. The van der Waals surface area contributed by atoms with Crippen LogP contribution < -0.4 is 5.32 Å². The van der Waals surface area contributed by atoms with Crippen molar-refractivity contribution in [3.05, 3.63) is 47.4 Å². The second-order valence-electron chi connectivity index (χ2n) is 4.37. The molecule has 0 aliphatic carbocycles. The first-order valence-corrected chi connectivity index (χ1v) is 6.12. The number of furan rings is 1. The molecule has 2 aromatic rings. The van der Waals surface area contributed by atoms with E-state index in [1.165, 1.54) is 6.26 Å². The Morgan fingerprint density at radius 3 is 2.70 bits per heavy atom. The quantitative estimate of drug-likeness (QED) is 0.911. The maximum Gasteiger partial charge on any atom is 0.245 e. The lowest BCUT2D eigenvalue weighted by atomic mass is 10.1. The van der Waals surface area contributed by atoms with Crippen molar-refractivity contribution in [3.8, 4) is 6.07 Å². The van der Waals surface area contributed by atoms with E-state index < -0.39 is 11.8 Å². The van der Waals surface area contributed by atoms with Gasteiger partial charge in [0.2, 0.25) is 5.91 Å². The van der Waals surface area contributed by atoms with Crippen LogP contribution in [0.2, 0.25) is 0 Å². The fourth-order valence-electron chi connectivity index (χ4n) is 1.81. The maximum atomic E-state index is 12.0. The van der Waals surface area contributed by atoms with Gasteiger partial charge in [0.15, 0.2) is 11.7 Å². The molecule has 20 heavy (non-hydrogen) atoms. The van der Waals surface area contributed by atoms with E-state index in [0.717, 1.165) is 11.4 Å². The number of hydrogen-bond donors (Lipinski definition) is 1. The van der Waals surface area contributed by atoms with Crippen molar-refractivity contribution in [2.75, 3.05) is 0 Å². The van der Waals surface area contributed by atoms with Crippen LogP contribution in [0, 0.1) is 25.2 Å². The molecule has 2 rings (SSSR count). The van der Waals surface area contributed by atoms with E-state index in [0.29, 0.717) is 5.76 Å². The third kappa shape index (κ3) is 3.20. The van der Waals surface area contributed by atoms with Crippen LogP contribution in [0.4, 0.5) is 0 Å². The Bertz CT molecular complexity index is 623. The summed E-state index contributed by atoms with van der Waals surface area (Å²) in [6.07, 6.45) is 1.52. The number of nitriles is 1. The Morgan fingerprint density at radius 1 is 1.45 bits per heavy atom. The van der Waals surface area contributed by atoms with Gasteiger partial charge in [0.1, 0.15) is 5.76 Å². The molecule has 6 nitrogen and oxygen atoms in total. The van der Waals surface area contributed by atoms with Crippen LogP contribution >= 0.6 is 0 Å². The van der Waals surface area contributed by atoms with Gasteiger partial charge in [-0.25, -0.2) is 9.97 Å². The summed E-state index contributed by atoms with van der Waals surface area (Å²) in [4.78, 5) is 20.3. The molecular weight excluding hydrogens is 256 g/mol. The standard InChI is InChI=1S/C14H14N4O2/c1-9-6-10(2)18-13(17-9)12(7-15)14(19)16-8-11-4-3-5-20-11/h3-6,12H,8H2,1-2H3,(H,16,19)/t12-/m1/s1. The lowest BCUT2D eigenvalue weighted by Gasteiger charge is -2.09. The van der Waals surface area contributed by atoms with Gasteiger partial charge in [0, 0.05) is 11.4 Å². The number of aromatic nitrogens is 2. The number of carbonyl (C=O) groups excluding carboxylic acids is 1. The lowest BCUT2D eigenvalue weighted by molar-refractivity contribution is -0.121. The SMILES string of the molecule is Cc1cc(C)nc([C@@H](C#N)C(=O)NCc2ccco2)n1. The van der Waals surface area contributed by atoms with Crippen molar-refractivity contribution >= 4 is 5.91 Å². The van der Waals surface area contributed by atoms with Crippen molar-refractivity contribution in [2.24, 2.45) is 0 Å². The zero-order valence-electron chi connectivity index (χ0n) is 11.3. The predicted molar refractivity (Wildman–Crippen MR) is 70.4 cm³/mol. The summed E-state index contributed by atoms with van der Waals surface area (Å²) in [6, 6.07) is 7.20. The van der Waals surface area contributed by atoms with Gasteiger partial charge in [-0.15, -0.1) is 0 Å². The fourth-order valence-corrected chi connectivity index (χ4v) is 1.81. The van der Waals surface area contributed by atoms with Crippen molar-refractivity contribution in [2.45, 2.75) is 26.3 Å². The van der Waals surface area contributed by atoms with Crippen LogP contribution in [0.1, 0.15) is 28.9 Å². The fraction of sp³-hybridized carbons (Fsp3) is 0.286. The Balaban J connectivity index is 2.11. The van der Waals surface area contributed by atoms with Gasteiger partial charge < -0.3 is 9.73 Å². The molecular formula is C14H14N4O2. The number of aryl methyl sites for hydroxylation is 2. The van der Waals surface area contributed by atoms with Crippen molar-refractivity contribution in [3.63, 3.8) is 0 Å². The highest BCUT2D eigenvalue weighted by Crippen LogP contribution is 2.12. The Morgan fingerprint density at radius 2 is 2.15 bits per heavy atom. The minimum Gasteiger partial charge on any atom is -0.467 e. The highest BCUT2D eigenvalue weighted by atomic mass is 16.3. The molecule has 2 heterocycles. The molecule has 0 unspecified atom stereocenters. The molecule has 0 aromatic carbocycles. The third-order valence-corrected chi connectivity index (χ3v) is 2.67. The Labute approximate surface area is 116 Å². The van der Waals surface area contributed by atoms with Gasteiger partial charge >= 0.3 is 0 Å². The van der Waals surface area contributed by atoms with E-state index >= 15 is 0 Å². The lowest BCUT2D eigenvalue weighted by Crippen LogP contribution is -2.29. The van der Waals surface area contributed by atoms with Crippen molar-refractivity contribution in [1.82, 2.24) is 15.3 Å². The van der Waals surface area contributed by atoms with Gasteiger partial charge in [0.05, 0.1) is 18.9 Å². The summed E-state index contributed by atoms with van der Waals surface area (Å²) in [7, 11) is 0. The van der Waals surface area contributed by atoms with E-state index in [1.807, 2.05) is 6.07 Å². The minimum atomic E-state index is -1.02. The largest absolute Gasteiger partial charge is 0.467 e. The Kier molecular flexibility index (Phi) is 4.11. The molecule has 1 atom stereocenters. The molecule has 0 spiro atoms. The van der Waals surface area contributed by atoms with Gasteiger partial charge in [-0.1, -0.05) is 0 Å². The van der Waals surface area contributed by atoms with E-state index in [4.69, 9.17) is 4.42 Å². The summed E-state index contributed by atoms with van der Waals surface area (Å²) in [6.45, 7) is 3.83. The molecule has 0 saturated carbocycles. The smallest absolute Gasteiger partial charge is 0.245 e. The van der Waals surface area contributed by atoms with E-state index in [-0.39, 0.29) is 12.4 Å². The number of amides is 1. The van der Waals surface area contributed by atoms with Gasteiger partial charge in [-0.3, -0.25) is 4.79 Å². The molecule has 0 aliphatic rings. The molecule has 6 heteroatoms. The topological polar surface area (TPSA) is 91.8 Å². The summed E-state index contributed by atoms with van der Waals surface area (Å²) < 4.78 is 5.11. The zero-order valence-corrected chi connectivity index (χ0v) is 11.3. The molecule has 0 radical (unpaired) electrons. The van der Waals surface area contributed by atoms with Crippen molar-refractivity contribution < 1.29 is 9.21 Å². The van der Waals surface area contributed by atoms with E-state index in [9.17, 15) is 10.1 Å². The van der Waals surface area contributed by atoms with Crippen LogP contribution in [0.3, 0.4) is 0 Å². The number of rotatable bonds is 4. The second-order valence-corrected chi connectivity index (χ2v) is 4.37. The van der Waals surface area contributed by atoms with Gasteiger partial charge in [-0.2, -0.15) is 5.26 Å². The number of carbonyl (C=O) groups is 1. The molecule has 0 saturated heterocycles. The average Bonchev–Trinajstić information content (AvgIpc) is 2.89. The minimum absolute atomic E-state index is 0.224. The summed E-state index contributed by atoms with van der Waals surface area (Å²) in [5.41, 5.74) is 1.46. The summed E-state index contributed by atoms with van der Waals surface area (Å²) in [5.74, 6) is -0.615. The maximum absolute atomic E-state index is 12.0. The molecule has 1 N–H and O–H groups in total. The second kappa shape index (κ2) is 5.97. The van der Waals surface area contributed by atoms with Crippen LogP contribution in [0.15, 0.2) is 28.9 Å². The Hall–Kier alpha value is -2.68. The van der Waals surface area contributed by atoms with Crippen molar-refractivity contribution in [1.29, 1.82) is 5.26 Å². The van der Waals surface area contributed by atoms with Gasteiger partial charge in [-0.05, 0) is 32.0 Å². The molecule has 102 valence electrons. The highest BCUT2D eigenvalue weighted by Gasteiger charge is 2.23. The normalized spacial score (nSPS) is 11.7. The van der Waals surface area contributed by atoms with Gasteiger partial charge in [0.25, 0.3) is 0 Å². The van der Waals surface area contributed by atoms with Crippen LogP contribution in [0.25, 0.3) is 0 Å². The first kappa shape index (κ1) is 13.7. The van der Waals surface area contributed by atoms with Crippen LogP contribution in [-0.4, -0.2) is 15.9 Å². The monoisotopic (exact) mass is 270 g/mol. The first-order chi connectivity index (χ1) is 9.60. The number of hydrogen-bond acceptors (Lipinski definition) is 5. The van der Waals surface area contributed by atoms with Crippen LogP contribution in [-0.2, 0) is 11.3 Å². The predicted octanol–water partition coefficient (Wildman–Crippen LogP) is 1.61.